The van der Waals surface area contributed by atoms with Crippen molar-refractivity contribution in [3.8, 4) is 0 Å². The van der Waals surface area contributed by atoms with E-state index < -0.39 is 0 Å². The van der Waals surface area contributed by atoms with Crippen LogP contribution in [0.5, 0.6) is 0 Å². The summed E-state index contributed by atoms with van der Waals surface area (Å²) in [7, 11) is 0. The minimum Gasteiger partial charge on any atom is -0.393 e. The summed E-state index contributed by atoms with van der Waals surface area (Å²) in [6.45, 7) is 5.18. The largest absolute Gasteiger partial charge is 0.393 e. The molecule has 3 atom stereocenters. The lowest BCUT2D eigenvalue weighted by atomic mass is 9.79. The van der Waals surface area contributed by atoms with Crippen LogP contribution in [0.2, 0.25) is 0 Å². The second-order valence-corrected chi connectivity index (χ2v) is 5.48. The highest BCUT2D eigenvalue weighted by Gasteiger charge is 2.35. The van der Waals surface area contributed by atoms with Gasteiger partial charge in [-0.2, -0.15) is 0 Å². The molecule has 2 fully saturated rings. The Kier molecular flexibility index (Phi) is 4.22. The van der Waals surface area contributed by atoms with Gasteiger partial charge in [0.1, 0.15) is 0 Å². The average Bonchev–Trinajstić information content (AvgIpc) is 2.25. The molecule has 3 unspecified atom stereocenters. The highest BCUT2D eigenvalue weighted by Crippen LogP contribution is 2.33. The maximum atomic E-state index is 9.69. The third kappa shape index (κ3) is 2.96. The maximum absolute atomic E-state index is 9.69. The number of aliphatic hydroxyl groups is 1. The van der Waals surface area contributed by atoms with Crippen LogP contribution in [-0.2, 0) is 9.47 Å². The molecule has 2 rings (SSSR count). The first-order valence-electron chi connectivity index (χ1n) is 6.62. The molecule has 2 aliphatic rings. The Morgan fingerprint density at radius 3 is 2.38 bits per heavy atom. The van der Waals surface area contributed by atoms with Gasteiger partial charge in [0.15, 0.2) is 6.29 Å². The van der Waals surface area contributed by atoms with E-state index in [1.54, 1.807) is 0 Å². The number of rotatable bonds is 2. The molecule has 0 aromatic heterocycles. The summed E-state index contributed by atoms with van der Waals surface area (Å²) < 4.78 is 11.7. The van der Waals surface area contributed by atoms with E-state index in [0.29, 0.717) is 11.8 Å². The predicted molar refractivity (Wildman–Crippen MR) is 62.0 cm³/mol. The summed E-state index contributed by atoms with van der Waals surface area (Å²) >= 11 is 0. The number of hydrogen-bond donors (Lipinski definition) is 1. The third-order valence-corrected chi connectivity index (χ3v) is 3.86. The van der Waals surface area contributed by atoms with Gasteiger partial charge in [-0.15, -0.1) is 0 Å². The van der Waals surface area contributed by atoms with Crippen molar-refractivity contribution < 1.29 is 14.6 Å². The first kappa shape index (κ1) is 12.3. The zero-order chi connectivity index (χ0) is 11.5. The quantitative estimate of drug-likeness (QED) is 0.788. The number of aliphatic hydroxyl groups excluding tert-OH is 1. The molecule has 1 heterocycles. The van der Waals surface area contributed by atoms with Crippen molar-refractivity contribution in [1.82, 2.24) is 0 Å². The normalized spacial score (nSPS) is 45.6. The molecule has 0 spiro atoms. The lowest BCUT2D eigenvalue weighted by Crippen LogP contribution is -2.41. The van der Waals surface area contributed by atoms with Crippen LogP contribution in [0, 0.1) is 11.8 Å². The van der Waals surface area contributed by atoms with Gasteiger partial charge in [0.2, 0.25) is 0 Å². The summed E-state index contributed by atoms with van der Waals surface area (Å²) in [5.41, 5.74) is 0. The Hall–Kier alpha value is -0.120. The highest BCUT2D eigenvalue weighted by atomic mass is 16.7. The molecule has 0 amide bonds. The number of hydrogen-bond acceptors (Lipinski definition) is 3. The fraction of sp³-hybridized carbons (Fsp3) is 1.00. The van der Waals surface area contributed by atoms with Crippen molar-refractivity contribution in [3.63, 3.8) is 0 Å². The monoisotopic (exact) mass is 228 g/mol. The van der Waals surface area contributed by atoms with Crippen LogP contribution in [0.15, 0.2) is 0 Å². The summed E-state index contributed by atoms with van der Waals surface area (Å²) in [6.07, 6.45) is 5.24. The predicted octanol–water partition coefficient (Wildman–Crippen LogP) is 2.33. The lowest BCUT2D eigenvalue weighted by Gasteiger charge is -2.39. The Bertz CT molecular complexity index is 201. The van der Waals surface area contributed by atoms with E-state index in [-0.39, 0.29) is 18.5 Å². The Balaban J connectivity index is 1.86. The molecule has 1 aliphatic carbocycles. The molecule has 3 heteroatoms. The maximum Gasteiger partial charge on any atom is 0.157 e. The van der Waals surface area contributed by atoms with Gasteiger partial charge in [-0.25, -0.2) is 0 Å². The Morgan fingerprint density at radius 2 is 1.81 bits per heavy atom. The molecular formula is C13H24O3. The molecule has 3 nitrogen and oxygen atoms in total. The van der Waals surface area contributed by atoms with Crippen molar-refractivity contribution >= 4 is 0 Å². The number of ether oxygens (including phenoxy) is 2. The SMILES string of the molecule is CC1CC(O)CC(C)C1OC1CCCCO1. The van der Waals surface area contributed by atoms with Crippen LogP contribution in [0.4, 0.5) is 0 Å². The van der Waals surface area contributed by atoms with E-state index in [4.69, 9.17) is 9.47 Å². The first-order chi connectivity index (χ1) is 7.66. The summed E-state index contributed by atoms with van der Waals surface area (Å²) in [4.78, 5) is 0. The zero-order valence-corrected chi connectivity index (χ0v) is 10.4. The van der Waals surface area contributed by atoms with E-state index >= 15 is 0 Å². The van der Waals surface area contributed by atoms with Crippen molar-refractivity contribution in [1.29, 1.82) is 0 Å². The summed E-state index contributed by atoms with van der Waals surface area (Å²) in [5, 5.41) is 9.69. The molecule has 1 N–H and O–H groups in total. The van der Waals surface area contributed by atoms with Gasteiger partial charge < -0.3 is 14.6 Å². The van der Waals surface area contributed by atoms with Gasteiger partial charge in [0, 0.05) is 6.61 Å². The Labute approximate surface area is 98.1 Å². The van der Waals surface area contributed by atoms with Crippen LogP contribution in [0.25, 0.3) is 0 Å². The molecule has 0 bridgehead atoms. The second-order valence-electron chi connectivity index (χ2n) is 5.48. The molecule has 1 saturated heterocycles. The third-order valence-electron chi connectivity index (χ3n) is 3.86. The lowest BCUT2D eigenvalue weighted by molar-refractivity contribution is -0.217. The van der Waals surface area contributed by atoms with Crippen LogP contribution >= 0.6 is 0 Å². The van der Waals surface area contributed by atoms with Crippen molar-refractivity contribution in [2.45, 2.75) is 64.4 Å². The van der Waals surface area contributed by atoms with Crippen molar-refractivity contribution in [2.24, 2.45) is 11.8 Å². The Morgan fingerprint density at radius 1 is 1.12 bits per heavy atom. The fourth-order valence-corrected chi connectivity index (χ4v) is 3.05. The molecule has 16 heavy (non-hydrogen) atoms. The van der Waals surface area contributed by atoms with Gasteiger partial charge in [-0.3, -0.25) is 0 Å². The van der Waals surface area contributed by atoms with E-state index in [9.17, 15) is 5.11 Å². The standard InChI is InChI=1S/C13H24O3/c1-9-7-11(14)8-10(2)13(9)16-12-5-3-4-6-15-12/h9-14H,3-8H2,1-2H3. The van der Waals surface area contributed by atoms with Gasteiger partial charge in [0.25, 0.3) is 0 Å². The first-order valence-corrected chi connectivity index (χ1v) is 6.62. The van der Waals surface area contributed by atoms with Gasteiger partial charge in [0.05, 0.1) is 12.2 Å². The molecule has 0 aromatic carbocycles. The smallest absolute Gasteiger partial charge is 0.157 e. The van der Waals surface area contributed by atoms with Gasteiger partial charge in [-0.05, 0) is 43.9 Å². The summed E-state index contributed by atoms with van der Waals surface area (Å²) in [5.74, 6) is 0.869. The molecule has 1 saturated carbocycles. The van der Waals surface area contributed by atoms with Gasteiger partial charge in [-0.1, -0.05) is 13.8 Å². The van der Waals surface area contributed by atoms with Crippen LogP contribution in [0.3, 0.4) is 0 Å². The van der Waals surface area contributed by atoms with Crippen molar-refractivity contribution in [2.75, 3.05) is 6.61 Å². The van der Waals surface area contributed by atoms with Crippen molar-refractivity contribution in [3.05, 3.63) is 0 Å². The average molecular weight is 228 g/mol. The van der Waals surface area contributed by atoms with E-state index in [1.807, 2.05) is 0 Å². The van der Waals surface area contributed by atoms with Gasteiger partial charge >= 0.3 is 0 Å². The zero-order valence-electron chi connectivity index (χ0n) is 10.4. The van der Waals surface area contributed by atoms with E-state index in [1.165, 1.54) is 6.42 Å². The van der Waals surface area contributed by atoms with E-state index in [2.05, 4.69) is 13.8 Å². The van der Waals surface area contributed by atoms with Crippen LogP contribution in [-0.4, -0.2) is 30.2 Å². The molecule has 0 aromatic rings. The summed E-state index contributed by atoms with van der Waals surface area (Å²) in [6, 6.07) is 0. The molecule has 94 valence electrons. The van der Waals surface area contributed by atoms with Crippen LogP contribution in [0.1, 0.15) is 46.0 Å². The minimum atomic E-state index is -0.142. The minimum absolute atomic E-state index is 0.00103. The van der Waals surface area contributed by atoms with E-state index in [0.717, 1.165) is 32.3 Å². The molecule has 0 radical (unpaired) electrons. The van der Waals surface area contributed by atoms with Crippen LogP contribution < -0.4 is 0 Å². The highest BCUT2D eigenvalue weighted by molar-refractivity contribution is 4.83. The fourth-order valence-electron chi connectivity index (χ4n) is 3.05. The molecular weight excluding hydrogens is 204 g/mol. The second kappa shape index (κ2) is 5.48. The molecule has 1 aliphatic heterocycles. The topological polar surface area (TPSA) is 38.7 Å².